The zero-order chi connectivity index (χ0) is 22.3. The molecule has 2 rings (SSSR count). The summed E-state index contributed by atoms with van der Waals surface area (Å²) in [4.78, 5) is 24.1. The van der Waals surface area contributed by atoms with E-state index in [-0.39, 0.29) is 17.3 Å². The van der Waals surface area contributed by atoms with Crippen LogP contribution in [0.3, 0.4) is 0 Å². The number of aryl methyl sites for hydroxylation is 1. The van der Waals surface area contributed by atoms with Crippen molar-refractivity contribution in [2.75, 3.05) is 7.11 Å². The van der Waals surface area contributed by atoms with Crippen LogP contribution in [0.4, 0.5) is 0 Å². The van der Waals surface area contributed by atoms with E-state index in [1.54, 1.807) is 6.07 Å². The molecule has 0 bridgehead atoms. The first-order valence-corrected chi connectivity index (χ1v) is 11.6. The predicted molar refractivity (Wildman–Crippen MR) is 123 cm³/mol. The largest absolute Gasteiger partial charge is 0.465 e. The number of hydrogen-bond donors (Lipinski definition) is 1. The Morgan fingerprint density at radius 3 is 2.43 bits per heavy atom. The molecule has 0 radical (unpaired) electrons. The molecule has 168 valence electrons. The standard InChI is InChI=1S/C25H38ClNO3/c1-17-19(15-20(26)16-22(17)24(29)30-5)8-6-7-18-9-11-21(12-10-18)27-23(28)13-14-25(2,3)4/h15-16,18,21H,6-14H2,1-5H3,(H,27,28)/t18-,21-. The first-order valence-electron chi connectivity index (χ1n) is 11.3. The van der Waals surface area contributed by atoms with Gasteiger partial charge in [0.15, 0.2) is 0 Å². The van der Waals surface area contributed by atoms with Crippen LogP contribution in [0.15, 0.2) is 12.1 Å². The molecule has 1 amide bonds. The molecule has 0 aliphatic heterocycles. The van der Waals surface area contributed by atoms with Crippen molar-refractivity contribution in [3.8, 4) is 0 Å². The van der Waals surface area contributed by atoms with Crippen molar-refractivity contribution in [2.45, 2.75) is 91.5 Å². The van der Waals surface area contributed by atoms with Crippen LogP contribution in [0.5, 0.6) is 0 Å². The van der Waals surface area contributed by atoms with Crippen LogP contribution in [0.1, 0.15) is 93.6 Å². The van der Waals surface area contributed by atoms with Gasteiger partial charge in [-0.1, -0.05) is 38.8 Å². The molecule has 0 atom stereocenters. The second-order valence-electron chi connectivity index (χ2n) is 9.97. The van der Waals surface area contributed by atoms with Crippen LogP contribution in [0, 0.1) is 18.3 Å². The smallest absolute Gasteiger partial charge is 0.338 e. The molecule has 4 nitrogen and oxygen atoms in total. The molecule has 1 aliphatic carbocycles. The fourth-order valence-corrected chi connectivity index (χ4v) is 4.52. The number of hydrogen-bond acceptors (Lipinski definition) is 3. The van der Waals surface area contributed by atoms with Gasteiger partial charge in [0.2, 0.25) is 5.91 Å². The quantitative estimate of drug-likeness (QED) is 0.490. The van der Waals surface area contributed by atoms with Gasteiger partial charge in [0.25, 0.3) is 0 Å². The zero-order valence-corrected chi connectivity index (χ0v) is 20.0. The van der Waals surface area contributed by atoms with Gasteiger partial charge in [0.05, 0.1) is 12.7 Å². The SMILES string of the molecule is COC(=O)c1cc(Cl)cc(CCC[C@H]2CC[C@H](NC(=O)CCC(C)(C)C)CC2)c1C. The van der Waals surface area contributed by atoms with Crippen LogP contribution in [0.25, 0.3) is 0 Å². The fourth-order valence-electron chi connectivity index (χ4n) is 4.28. The van der Waals surface area contributed by atoms with Gasteiger partial charge in [-0.3, -0.25) is 4.79 Å². The van der Waals surface area contributed by atoms with E-state index in [2.05, 4.69) is 26.1 Å². The van der Waals surface area contributed by atoms with Gasteiger partial charge >= 0.3 is 5.97 Å². The maximum atomic E-state index is 12.2. The molecular formula is C25H38ClNO3. The average Bonchev–Trinajstić information content (AvgIpc) is 2.69. The van der Waals surface area contributed by atoms with E-state index in [1.807, 2.05) is 13.0 Å². The summed E-state index contributed by atoms with van der Waals surface area (Å²) >= 11 is 6.21. The Labute approximate surface area is 187 Å². The lowest BCUT2D eigenvalue weighted by Gasteiger charge is -2.29. The Kier molecular flexibility index (Phi) is 9.21. The van der Waals surface area contributed by atoms with Crippen LogP contribution in [-0.4, -0.2) is 25.0 Å². The van der Waals surface area contributed by atoms with Crippen LogP contribution in [0.2, 0.25) is 5.02 Å². The Morgan fingerprint density at radius 2 is 1.83 bits per heavy atom. The zero-order valence-electron chi connectivity index (χ0n) is 19.3. The van der Waals surface area contributed by atoms with E-state index in [4.69, 9.17) is 16.3 Å². The van der Waals surface area contributed by atoms with Crippen LogP contribution < -0.4 is 5.32 Å². The van der Waals surface area contributed by atoms with Crippen molar-refractivity contribution in [1.82, 2.24) is 5.32 Å². The summed E-state index contributed by atoms with van der Waals surface area (Å²) < 4.78 is 4.87. The molecule has 1 aromatic rings. The number of ether oxygens (including phenoxy) is 1. The number of nitrogens with one attached hydrogen (secondary N) is 1. The van der Waals surface area contributed by atoms with Crippen LogP contribution >= 0.6 is 11.6 Å². The molecule has 0 heterocycles. The molecule has 0 saturated heterocycles. The Balaban J connectivity index is 1.75. The maximum Gasteiger partial charge on any atom is 0.338 e. The number of carbonyl (C=O) groups is 2. The van der Waals surface area contributed by atoms with Gasteiger partial charge < -0.3 is 10.1 Å². The first kappa shape index (κ1) is 24.7. The van der Waals surface area contributed by atoms with E-state index < -0.39 is 0 Å². The Morgan fingerprint density at radius 1 is 1.17 bits per heavy atom. The number of methoxy groups -OCH3 is 1. The lowest BCUT2D eigenvalue weighted by Crippen LogP contribution is -2.37. The minimum atomic E-state index is -0.334. The van der Waals surface area contributed by atoms with Crippen molar-refractivity contribution in [1.29, 1.82) is 0 Å². The minimum absolute atomic E-state index is 0.200. The third kappa shape index (κ3) is 7.94. The Hall–Kier alpha value is -1.55. The van der Waals surface area contributed by atoms with E-state index in [9.17, 15) is 9.59 Å². The molecule has 1 N–H and O–H groups in total. The second-order valence-corrected chi connectivity index (χ2v) is 10.4. The van der Waals surface area contributed by atoms with Gasteiger partial charge in [0, 0.05) is 17.5 Å². The molecule has 0 unspecified atom stereocenters. The fraction of sp³-hybridized carbons (Fsp3) is 0.680. The van der Waals surface area contributed by atoms with Gasteiger partial charge in [-0.05, 0) is 86.5 Å². The van der Waals surface area contributed by atoms with E-state index in [0.717, 1.165) is 43.2 Å². The topological polar surface area (TPSA) is 55.4 Å². The molecule has 1 aliphatic rings. The number of benzene rings is 1. The van der Waals surface area contributed by atoms with Gasteiger partial charge in [-0.2, -0.15) is 0 Å². The summed E-state index contributed by atoms with van der Waals surface area (Å²) in [5.74, 6) is 0.581. The van der Waals surface area contributed by atoms with Crippen molar-refractivity contribution in [3.05, 3.63) is 33.8 Å². The third-order valence-electron chi connectivity index (χ3n) is 6.26. The normalized spacial score (nSPS) is 19.4. The molecule has 1 saturated carbocycles. The van der Waals surface area contributed by atoms with E-state index in [1.165, 1.54) is 26.4 Å². The molecule has 30 heavy (non-hydrogen) atoms. The number of halogens is 1. The molecular weight excluding hydrogens is 398 g/mol. The van der Waals surface area contributed by atoms with E-state index in [0.29, 0.717) is 29.0 Å². The lowest BCUT2D eigenvalue weighted by atomic mass is 9.82. The maximum absolute atomic E-state index is 12.2. The van der Waals surface area contributed by atoms with Crippen molar-refractivity contribution in [3.63, 3.8) is 0 Å². The van der Waals surface area contributed by atoms with Gasteiger partial charge in [-0.15, -0.1) is 0 Å². The van der Waals surface area contributed by atoms with Gasteiger partial charge in [-0.25, -0.2) is 4.79 Å². The minimum Gasteiger partial charge on any atom is -0.465 e. The van der Waals surface area contributed by atoms with E-state index >= 15 is 0 Å². The summed E-state index contributed by atoms with van der Waals surface area (Å²) in [6, 6.07) is 3.99. The molecule has 1 fully saturated rings. The summed E-state index contributed by atoms with van der Waals surface area (Å²) in [6.45, 7) is 8.48. The second kappa shape index (κ2) is 11.2. The monoisotopic (exact) mass is 435 g/mol. The highest BCUT2D eigenvalue weighted by atomic mass is 35.5. The first-order chi connectivity index (χ1) is 14.1. The van der Waals surface area contributed by atoms with Crippen molar-refractivity contribution >= 4 is 23.5 Å². The summed E-state index contributed by atoms with van der Waals surface area (Å²) in [5.41, 5.74) is 2.85. The predicted octanol–water partition coefficient (Wildman–Crippen LogP) is 6.26. The molecule has 5 heteroatoms. The van der Waals surface area contributed by atoms with Crippen molar-refractivity contribution in [2.24, 2.45) is 11.3 Å². The molecule has 0 aromatic heterocycles. The summed E-state index contributed by atoms with van der Waals surface area (Å²) in [6.07, 6.45) is 9.21. The Bertz CT molecular complexity index is 731. The highest BCUT2D eigenvalue weighted by Gasteiger charge is 2.23. The van der Waals surface area contributed by atoms with Gasteiger partial charge in [0.1, 0.15) is 0 Å². The summed E-state index contributed by atoms with van der Waals surface area (Å²) in [5, 5.41) is 3.81. The number of carbonyl (C=O) groups excluding carboxylic acids is 2. The molecule has 1 aromatic carbocycles. The highest BCUT2D eigenvalue weighted by molar-refractivity contribution is 6.31. The number of amides is 1. The number of esters is 1. The summed E-state index contributed by atoms with van der Waals surface area (Å²) in [7, 11) is 1.39. The third-order valence-corrected chi connectivity index (χ3v) is 6.48. The van der Waals surface area contributed by atoms with Crippen molar-refractivity contribution < 1.29 is 14.3 Å². The lowest BCUT2D eigenvalue weighted by molar-refractivity contribution is -0.122. The molecule has 0 spiro atoms. The van der Waals surface area contributed by atoms with Crippen LogP contribution in [-0.2, 0) is 16.0 Å². The number of rotatable bonds is 8. The average molecular weight is 436 g/mol. The highest BCUT2D eigenvalue weighted by Crippen LogP contribution is 2.30.